The van der Waals surface area contributed by atoms with Gasteiger partial charge in [0.1, 0.15) is 0 Å². The van der Waals surface area contributed by atoms with E-state index in [2.05, 4.69) is 294 Å². The normalized spacial score (nSPS) is 12.8. The van der Waals surface area contributed by atoms with Crippen LogP contribution >= 0.6 is 0 Å². The minimum absolute atomic E-state index is 0.117. The maximum atomic E-state index is 2.67. The molecular weight excluding hydrogens is 1050 g/mol. The summed E-state index contributed by atoms with van der Waals surface area (Å²) in [6, 6.07) is 109. The van der Waals surface area contributed by atoms with Gasteiger partial charge in [-0.1, -0.05) is 224 Å². The highest BCUT2D eigenvalue weighted by Crippen LogP contribution is 2.49. The lowest BCUT2D eigenvalue weighted by molar-refractivity contribution is 1.14. The third-order valence-corrected chi connectivity index (χ3v) is 20.3. The van der Waals surface area contributed by atoms with E-state index in [0.29, 0.717) is 0 Å². The zero-order valence-electron chi connectivity index (χ0n) is 47.1. The molecule has 0 bridgehead atoms. The summed E-state index contributed by atoms with van der Waals surface area (Å²) < 4.78 is 5.32. The molecule has 4 heterocycles. The lowest BCUT2D eigenvalue weighted by atomic mass is 9.34. The Morgan fingerprint density at radius 3 is 1.08 bits per heavy atom. The molecule has 396 valence electrons. The summed E-state index contributed by atoms with van der Waals surface area (Å²) in [5.74, 6) is 0. The molecule has 2 nitrogen and oxygen atoms in total. The van der Waals surface area contributed by atoms with Gasteiger partial charge in [0.05, 0.1) is 16.6 Å². The number of benzene rings is 17. The smallest absolute Gasteiger partial charge is 0.252 e. The van der Waals surface area contributed by atoms with E-state index in [4.69, 9.17) is 0 Å². The van der Waals surface area contributed by atoms with Gasteiger partial charge in [-0.15, -0.1) is 0 Å². The van der Waals surface area contributed by atoms with E-state index in [-0.39, 0.29) is 6.71 Å². The van der Waals surface area contributed by atoms with Gasteiger partial charge in [0.25, 0.3) is 6.71 Å². The van der Waals surface area contributed by atoms with Gasteiger partial charge < -0.3 is 9.13 Å². The van der Waals surface area contributed by atoms with Crippen molar-refractivity contribution in [1.29, 1.82) is 0 Å². The summed E-state index contributed by atoms with van der Waals surface area (Å²) in [6.07, 6.45) is 0. The molecule has 0 spiro atoms. The fraction of sp³-hybridized carbons (Fsp3) is 0. The second-order valence-electron chi connectivity index (χ2n) is 24.5. The zero-order chi connectivity index (χ0) is 56.3. The third-order valence-electron chi connectivity index (χ3n) is 20.3. The van der Waals surface area contributed by atoms with E-state index < -0.39 is 0 Å². The first-order valence-electron chi connectivity index (χ1n) is 30.5. The number of nitrogens with zero attached hydrogens (tertiary/aromatic N) is 2. The maximum Gasteiger partial charge on any atom is 0.252 e. The van der Waals surface area contributed by atoms with Crippen molar-refractivity contribution in [2.45, 2.75) is 0 Å². The second-order valence-corrected chi connectivity index (χ2v) is 24.5. The molecule has 21 rings (SSSR count). The summed E-state index contributed by atoms with van der Waals surface area (Å²) in [7, 11) is 0. The fourth-order valence-corrected chi connectivity index (χ4v) is 16.9. The summed E-state index contributed by atoms with van der Waals surface area (Å²) in [5, 5.41) is 27.9. The molecule has 0 aliphatic carbocycles. The molecule has 17 aromatic carbocycles. The Morgan fingerprint density at radius 2 is 0.586 bits per heavy atom. The van der Waals surface area contributed by atoms with Crippen LogP contribution in [0.3, 0.4) is 0 Å². The second kappa shape index (κ2) is 16.8. The predicted octanol–water partition coefficient (Wildman–Crippen LogP) is 20.4. The average molecular weight is 1100 g/mol. The van der Waals surface area contributed by atoms with Gasteiger partial charge in [0.2, 0.25) is 0 Å². The number of hydrogen-bond donors (Lipinski definition) is 0. The van der Waals surface area contributed by atoms with Gasteiger partial charge in [0.15, 0.2) is 0 Å². The van der Waals surface area contributed by atoms with Crippen LogP contribution < -0.4 is 16.4 Å². The van der Waals surface area contributed by atoms with E-state index in [1.54, 1.807) is 0 Å². The zero-order valence-corrected chi connectivity index (χ0v) is 47.1. The molecule has 0 N–H and O–H groups in total. The topological polar surface area (TPSA) is 9.86 Å². The van der Waals surface area contributed by atoms with Gasteiger partial charge in [-0.05, 0) is 202 Å². The van der Waals surface area contributed by atoms with Gasteiger partial charge in [-0.25, -0.2) is 0 Å². The molecule has 2 aromatic heterocycles. The highest BCUT2D eigenvalue weighted by atomic mass is 15.0. The van der Waals surface area contributed by atoms with Crippen molar-refractivity contribution < 1.29 is 0 Å². The van der Waals surface area contributed by atoms with Gasteiger partial charge >= 0.3 is 0 Å². The van der Waals surface area contributed by atoms with Crippen molar-refractivity contribution >= 4 is 164 Å². The van der Waals surface area contributed by atoms with Gasteiger partial charge in [-0.2, -0.15) is 0 Å². The Labute approximate surface area is 499 Å². The molecule has 0 fully saturated rings. The summed E-state index contributed by atoms with van der Waals surface area (Å²) >= 11 is 0. The summed E-state index contributed by atoms with van der Waals surface area (Å²) in [4.78, 5) is 0. The standard InChI is InChI=1S/C84H47BN2/c1-7-24-57-48(18-1)40-49-19-2-8-25-58(49)77(57)54-36-38-73-67(43-54)69-45-56(79-61-28-11-5-22-52(61)42-53-23-6-12-29-62(53)79)46-71-83(69)86(73)75-34-17-35-76-82(75)85(71)72-47-68-65-32-14-13-30-63(65)64-31-15-16-33-66(64)80(68)81-70-44-55(37-39-74(70)87(76)84(72)81)78-59-26-9-3-20-50(59)41-51-21-4-10-27-60(51)78/h1-47H. The molecule has 2 aliphatic heterocycles. The number of aromatic nitrogens is 2. The molecule has 0 amide bonds. The third kappa shape index (κ3) is 6.00. The van der Waals surface area contributed by atoms with Crippen LogP contribution in [0.2, 0.25) is 0 Å². The Balaban J connectivity index is 0.946. The lowest BCUT2D eigenvalue weighted by Gasteiger charge is -2.34. The molecule has 0 saturated carbocycles. The largest absolute Gasteiger partial charge is 0.310 e. The monoisotopic (exact) mass is 1090 g/mol. The minimum Gasteiger partial charge on any atom is -0.310 e. The van der Waals surface area contributed by atoms with E-state index in [1.165, 1.54) is 202 Å². The Morgan fingerprint density at radius 1 is 0.218 bits per heavy atom. The SMILES string of the molecule is c1cc2c3c(c1)-n1c4ccc(-c5c6ccccc6cc6ccccc56)cc4c4c5c6ccccc6c6ccccc6c5cc(c41)B3c1cc(-c3c4ccccc4cc4ccccc34)cc3c4cc(-c5c6ccccc6cc6ccccc56)ccc4n-2c13. The highest BCUT2D eigenvalue weighted by molar-refractivity contribution is 7.00. The van der Waals surface area contributed by atoms with Crippen LogP contribution in [0.5, 0.6) is 0 Å². The van der Waals surface area contributed by atoms with Crippen LogP contribution in [0.15, 0.2) is 285 Å². The predicted molar refractivity (Wildman–Crippen MR) is 374 cm³/mol. The fourth-order valence-electron chi connectivity index (χ4n) is 16.9. The van der Waals surface area contributed by atoms with Crippen molar-refractivity contribution in [3.63, 3.8) is 0 Å². The summed E-state index contributed by atoms with van der Waals surface area (Å²) in [5.41, 5.74) is 19.0. The van der Waals surface area contributed by atoms with Crippen molar-refractivity contribution in [3.05, 3.63) is 285 Å². The lowest BCUT2D eigenvalue weighted by Crippen LogP contribution is -2.59. The molecule has 0 saturated heterocycles. The molecule has 0 atom stereocenters. The summed E-state index contributed by atoms with van der Waals surface area (Å²) in [6.45, 7) is -0.117. The van der Waals surface area contributed by atoms with Gasteiger partial charge in [0, 0.05) is 43.8 Å². The Bertz CT molecular complexity index is 6230. The van der Waals surface area contributed by atoms with E-state index in [9.17, 15) is 0 Å². The van der Waals surface area contributed by atoms with Crippen LogP contribution in [0.1, 0.15) is 0 Å². The molecule has 19 aromatic rings. The van der Waals surface area contributed by atoms with Crippen molar-refractivity contribution in [3.8, 4) is 44.8 Å². The minimum atomic E-state index is -0.117. The maximum absolute atomic E-state index is 2.67. The first-order chi connectivity index (χ1) is 43.2. The van der Waals surface area contributed by atoms with Crippen LogP contribution in [0.25, 0.3) is 185 Å². The average Bonchev–Trinajstić information content (AvgIpc) is 1.58. The molecule has 3 heteroatoms. The molecule has 0 unspecified atom stereocenters. The van der Waals surface area contributed by atoms with Crippen LogP contribution in [-0.4, -0.2) is 15.8 Å². The Hall–Kier alpha value is -11.3. The molecule has 2 aliphatic rings. The van der Waals surface area contributed by atoms with Crippen molar-refractivity contribution in [2.75, 3.05) is 0 Å². The van der Waals surface area contributed by atoms with Crippen molar-refractivity contribution in [2.24, 2.45) is 0 Å². The number of hydrogen-bond acceptors (Lipinski definition) is 0. The molecular formula is C84H47BN2. The van der Waals surface area contributed by atoms with Crippen LogP contribution in [0, 0.1) is 0 Å². The van der Waals surface area contributed by atoms with Crippen LogP contribution in [-0.2, 0) is 0 Å². The molecule has 0 radical (unpaired) electrons. The quantitative estimate of drug-likeness (QED) is 0.0948. The van der Waals surface area contributed by atoms with Crippen LogP contribution in [0.4, 0.5) is 0 Å². The first-order valence-corrected chi connectivity index (χ1v) is 30.5. The highest BCUT2D eigenvalue weighted by Gasteiger charge is 2.42. The first kappa shape index (κ1) is 46.2. The number of fused-ring (bicyclic) bond motifs is 23. The van der Waals surface area contributed by atoms with Gasteiger partial charge in [-0.3, -0.25) is 0 Å². The van der Waals surface area contributed by atoms with E-state index >= 15 is 0 Å². The Kier molecular flexibility index (Phi) is 8.89. The van der Waals surface area contributed by atoms with E-state index in [0.717, 1.165) is 0 Å². The molecule has 87 heavy (non-hydrogen) atoms. The number of rotatable bonds is 3. The van der Waals surface area contributed by atoms with E-state index in [1.807, 2.05) is 0 Å². The van der Waals surface area contributed by atoms with Crippen molar-refractivity contribution in [1.82, 2.24) is 9.13 Å².